The lowest BCUT2D eigenvalue weighted by atomic mass is 9.94. The first-order valence-corrected chi connectivity index (χ1v) is 14.1. The van der Waals surface area contributed by atoms with Gasteiger partial charge in [-0.2, -0.15) is 10.1 Å². The number of hydrogen-bond donors (Lipinski definition) is 2. The summed E-state index contributed by atoms with van der Waals surface area (Å²) in [6.07, 6.45) is 4.00. The molecule has 2 N–H and O–H groups in total. The number of aromatic nitrogens is 4. The van der Waals surface area contributed by atoms with E-state index in [1.807, 2.05) is 31.2 Å². The van der Waals surface area contributed by atoms with Crippen molar-refractivity contribution < 1.29 is 17.9 Å². The lowest BCUT2D eigenvalue weighted by Gasteiger charge is -2.18. The van der Waals surface area contributed by atoms with E-state index >= 15 is 0 Å². The first-order chi connectivity index (χ1) is 18.6. The van der Waals surface area contributed by atoms with Gasteiger partial charge < -0.3 is 10.1 Å². The topological polar surface area (TPSA) is 128 Å². The van der Waals surface area contributed by atoms with Crippen molar-refractivity contribution in [3.8, 4) is 22.9 Å². The molecule has 0 radical (unpaired) electrons. The van der Waals surface area contributed by atoms with E-state index in [0.29, 0.717) is 29.3 Å². The largest absolute Gasteiger partial charge is 0.439 e. The molecule has 4 rings (SSSR count). The molecule has 39 heavy (non-hydrogen) atoms. The summed E-state index contributed by atoms with van der Waals surface area (Å²) in [5.41, 5.74) is 3.77. The van der Waals surface area contributed by atoms with Crippen molar-refractivity contribution in [3.05, 3.63) is 77.6 Å². The van der Waals surface area contributed by atoms with Crippen LogP contribution >= 0.6 is 0 Å². The van der Waals surface area contributed by atoms with Gasteiger partial charge in [0.25, 0.3) is 15.9 Å². The Hall–Kier alpha value is -4.25. The monoisotopic (exact) mass is 548 g/mol. The zero-order chi connectivity index (χ0) is 28.2. The molecule has 0 aliphatic heterocycles. The van der Waals surface area contributed by atoms with E-state index in [2.05, 4.69) is 39.0 Å². The molecule has 0 saturated carbocycles. The van der Waals surface area contributed by atoms with E-state index in [9.17, 15) is 13.2 Å². The van der Waals surface area contributed by atoms with Gasteiger partial charge in [0.2, 0.25) is 11.8 Å². The first kappa shape index (κ1) is 27.8. The zero-order valence-electron chi connectivity index (χ0n) is 22.6. The normalized spacial score (nSPS) is 11.4. The number of carbonyl (C=O) groups excluding carboxylic acids is 1. The lowest BCUT2D eigenvalue weighted by Crippen LogP contribution is -2.17. The lowest BCUT2D eigenvalue weighted by molar-refractivity contribution is 0.0963. The number of benzene rings is 2. The predicted molar refractivity (Wildman–Crippen MR) is 149 cm³/mol. The maximum Gasteiger partial charge on any atom is 0.267 e. The Morgan fingerprint density at radius 1 is 1.08 bits per heavy atom. The third-order valence-electron chi connectivity index (χ3n) is 6.00. The molecule has 204 valence electrons. The van der Waals surface area contributed by atoms with Crippen molar-refractivity contribution >= 4 is 21.9 Å². The Morgan fingerprint density at radius 2 is 1.79 bits per heavy atom. The number of aryl methyl sites for hydroxylation is 1. The van der Waals surface area contributed by atoms with Crippen LogP contribution in [0.15, 0.2) is 65.8 Å². The summed E-state index contributed by atoms with van der Waals surface area (Å²) in [6.45, 7) is 6.25. The molecular formula is C28H32N6O4S. The Bertz CT molecular complexity index is 1580. The highest BCUT2D eigenvalue weighted by Crippen LogP contribution is 2.35. The quantitative estimate of drug-likeness (QED) is 0.297. The van der Waals surface area contributed by atoms with Gasteiger partial charge in [-0.05, 0) is 48.6 Å². The minimum absolute atomic E-state index is 0.0119. The van der Waals surface area contributed by atoms with Crippen LogP contribution in [0.3, 0.4) is 0 Å². The zero-order valence-corrected chi connectivity index (χ0v) is 23.4. The molecule has 0 aliphatic carbocycles. The van der Waals surface area contributed by atoms with Crippen molar-refractivity contribution in [1.29, 1.82) is 0 Å². The SMILES string of the molecule is CCc1c(Oc2ccc(C(=O)NC)cc2)nc(NS(=O)(=O)c2cnn(C)c2)nc1-c1ccccc1CC(C)C. The molecule has 11 heteroatoms. The maximum absolute atomic E-state index is 13.1. The van der Waals surface area contributed by atoms with Crippen molar-refractivity contribution in [1.82, 2.24) is 25.1 Å². The second kappa shape index (κ2) is 11.6. The van der Waals surface area contributed by atoms with Gasteiger partial charge in [0.15, 0.2) is 0 Å². The first-order valence-electron chi connectivity index (χ1n) is 12.6. The van der Waals surface area contributed by atoms with E-state index in [0.717, 1.165) is 23.1 Å². The number of ether oxygens (including phenoxy) is 1. The van der Waals surface area contributed by atoms with E-state index in [1.165, 1.54) is 17.1 Å². The Balaban J connectivity index is 1.84. The van der Waals surface area contributed by atoms with Gasteiger partial charge in [0.1, 0.15) is 10.6 Å². The van der Waals surface area contributed by atoms with Crippen LogP contribution < -0.4 is 14.8 Å². The third-order valence-corrected chi connectivity index (χ3v) is 7.28. The van der Waals surface area contributed by atoms with Gasteiger partial charge in [-0.3, -0.25) is 9.48 Å². The van der Waals surface area contributed by atoms with Crippen LogP contribution in [0.25, 0.3) is 11.3 Å². The van der Waals surface area contributed by atoms with Gasteiger partial charge in [-0.25, -0.2) is 18.1 Å². The summed E-state index contributed by atoms with van der Waals surface area (Å²) >= 11 is 0. The maximum atomic E-state index is 13.1. The fraction of sp³-hybridized carbons (Fsp3) is 0.286. The van der Waals surface area contributed by atoms with Crippen LogP contribution in [0.1, 0.15) is 42.3 Å². The molecular weight excluding hydrogens is 516 g/mol. The molecule has 0 bridgehead atoms. The summed E-state index contributed by atoms with van der Waals surface area (Å²) in [4.78, 5) is 21.1. The molecule has 4 aromatic rings. The third kappa shape index (κ3) is 6.43. The van der Waals surface area contributed by atoms with Gasteiger partial charge in [0, 0.05) is 37.0 Å². The van der Waals surface area contributed by atoms with E-state index in [4.69, 9.17) is 4.74 Å². The Morgan fingerprint density at radius 3 is 2.41 bits per heavy atom. The number of rotatable bonds is 10. The van der Waals surface area contributed by atoms with Crippen molar-refractivity contribution in [2.75, 3.05) is 11.8 Å². The van der Waals surface area contributed by atoms with Crippen molar-refractivity contribution in [2.45, 2.75) is 38.5 Å². The molecule has 0 atom stereocenters. The number of hydrogen-bond acceptors (Lipinski definition) is 7. The number of amides is 1. The molecule has 2 heterocycles. The standard InChI is InChI=1S/C28H32N6O4S/c1-6-23-25(24-10-8-7-9-20(24)15-18(2)3)31-28(33-39(36,37)22-16-30-34(5)17-22)32-27(23)38-21-13-11-19(12-14-21)26(35)29-4/h7-14,16-18H,6,15H2,1-5H3,(H,29,35)(H,31,32,33). The molecule has 2 aromatic carbocycles. The number of anilines is 1. The highest BCUT2D eigenvalue weighted by atomic mass is 32.2. The van der Waals surface area contributed by atoms with Crippen molar-refractivity contribution in [3.63, 3.8) is 0 Å². The van der Waals surface area contributed by atoms with Crippen LogP contribution in [0.4, 0.5) is 5.95 Å². The number of carbonyl (C=O) groups is 1. The molecule has 10 nitrogen and oxygen atoms in total. The fourth-order valence-electron chi connectivity index (χ4n) is 4.15. The summed E-state index contributed by atoms with van der Waals surface area (Å²) < 4.78 is 36.3. The van der Waals surface area contributed by atoms with Gasteiger partial charge in [-0.1, -0.05) is 45.0 Å². The van der Waals surface area contributed by atoms with Gasteiger partial charge in [-0.15, -0.1) is 0 Å². The summed E-state index contributed by atoms with van der Waals surface area (Å²) in [5.74, 6) is 0.726. The molecule has 0 fully saturated rings. The molecule has 2 aromatic heterocycles. The van der Waals surface area contributed by atoms with Crippen molar-refractivity contribution in [2.24, 2.45) is 13.0 Å². The average Bonchev–Trinajstić information content (AvgIpc) is 3.35. The molecule has 0 aliphatic rings. The van der Waals surface area contributed by atoms with Crippen LogP contribution in [-0.2, 0) is 29.9 Å². The predicted octanol–water partition coefficient (Wildman–Crippen LogP) is 4.59. The smallest absolute Gasteiger partial charge is 0.267 e. The van der Waals surface area contributed by atoms with Crippen LogP contribution in [0.2, 0.25) is 0 Å². The molecule has 1 amide bonds. The summed E-state index contributed by atoms with van der Waals surface area (Å²) in [5, 5.41) is 6.54. The van der Waals surface area contributed by atoms with Gasteiger partial charge >= 0.3 is 0 Å². The highest BCUT2D eigenvalue weighted by molar-refractivity contribution is 7.92. The van der Waals surface area contributed by atoms with E-state index in [1.54, 1.807) is 38.4 Å². The van der Waals surface area contributed by atoms with E-state index in [-0.39, 0.29) is 22.6 Å². The van der Waals surface area contributed by atoms with Crippen LogP contribution in [-0.4, -0.2) is 41.1 Å². The van der Waals surface area contributed by atoms with E-state index < -0.39 is 10.0 Å². The second-order valence-electron chi connectivity index (χ2n) is 9.45. The fourth-order valence-corrected chi connectivity index (χ4v) is 5.08. The molecule has 0 saturated heterocycles. The minimum atomic E-state index is -4.01. The second-order valence-corrected chi connectivity index (χ2v) is 11.1. The number of sulfonamides is 1. The molecule has 0 spiro atoms. The average molecular weight is 549 g/mol. The number of nitrogens with zero attached hydrogens (tertiary/aromatic N) is 4. The minimum Gasteiger partial charge on any atom is -0.439 e. The summed E-state index contributed by atoms with van der Waals surface area (Å²) in [6, 6.07) is 14.5. The number of nitrogens with one attached hydrogen (secondary N) is 2. The van der Waals surface area contributed by atoms with Crippen LogP contribution in [0, 0.1) is 5.92 Å². The van der Waals surface area contributed by atoms with Gasteiger partial charge in [0.05, 0.1) is 11.9 Å². The summed E-state index contributed by atoms with van der Waals surface area (Å²) in [7, 11) is -0.807. The Labute approximate surface area is 228 Å². The Kier molecular flexibility index (Phi) is 8.29. The highest BCUT2D eigenvalue weighted by Gasteiger charge is 2.23. The van der Waals surface area contributed by atoms with Crippen LogP contribution in [0.5, 0.6) is 11.6 Å². The molecule has 0 unspecified atom stereocenters.